The molecule has 0 heterocycles. The van der Waals surface area contributed by atoms with E-state index in [1.165, 1.54) is 23.5 Å². The summed E-state index contributed by atoms with van der Waals surface area (Å²) in [5.41, 5.74) is 0. The highest BCUT2D eigenvalue weighted by atomic mass is 32.3. The van der Waals surface area contributed by atoms with Gasteiger partial charge in [-0.2, -0.15) is 12.0 Å². The van der Waals surface area contributed by atoms with E-state index in [-0.39, 0.29) is 0 Å². The zero-order valence-corrected chi connectivity index (χ0v) is 11.0. The smallest absolute Gasteiger partial charge is 0.251 e. The third-order valence-electron chi connectivity index (χ3n) is 0.958. The number of hydrogen-bond donors (Lipinski definition) is 0. The average molecular weight is 264 g/mol. The topological polar surface area (TPSA) is 52.6 Å². The molecule has 0 spiro atoms. The van der Waals surface area contributed by atoms with Crippen molar-refractivity contribution >= 4 is 48.2 Å². The summed E-state index contributed by atoms with van der Waals surface area (Å²) in [7, 11) is -3.49. The fraction of sp³-hybridized carbons (Fsp3) is 0.800. The van der Waals surface area contributed by atoms with Crippen LogP contribution >= 0.6 is 34.3 Å². The van der Waals surface area contributed by atoms with Gasteiger partial charge in [0.2, 0.25) is 0 Å². The minimum absolute atomic E-state index is 0.748. The van der Waals surface area contributed by atoms with Gasteiger partial charge in [0.25, 0.3) is 0 Å². The van der Waals surface area contributed by atoms with Crippen LogP contribution in [0.25, 0.3) is 0 Å². The Bertz CT molecular complexity index is 275. The molecule has 0 aromatic rings. The van der Waals surface area contributed by atoms with Crippen LogP contribution in [-0.4, -0.2) is 37.8 Å². The molecule has 13 heavy (non-hydrogen) atoms. The maximum absolute atomic E-state index is 10.9. The Balaban J connectivity index is 4.62. The highest BCUT2D eigenvalue weighted by Gasteiger charge is 2.12. The molecule has 1 unspecified atom stereocenters. The predicted octanol–water partition coefficient (Wildman–Crippen LogP) is 1.52. The molecule has 0 aliphatic carbocycles. The third-order valence-corrected chi connectivity index (χ3v) is 7.39. The maximum atomic E-state index is 10.9. The number of hydrogen-bond acceptors (Lipinski definition) is 6. The molecule has 80 valence electrons. The summed E-state index contributed by atoms with van der Waals surface area (Å²) in [6.07, 6.45) is 5.44. The zero-order chi connectivity index (χ0) is 10.5. The monoisotopic (exact) mass is 264 g/mol. The molecule has 0 aromatic heterocycles. The molecule has 0 aliphatic rings. The molecular formula is C5H12O4S4. The molecule has 0 fully saturated rings. The second-order valence-electron chi connectivity index (χ2n) is 1.76. The van der Waals surface area contributed by atoms with E-state index in [1.807, 2.05) is 12.5 Å². The van der Waals surface area contributed by atoms with Crippen LogP contribution < -0.4 is 0 Å². The first-order valence-corrected chi connectivity index (χ1v) is 8.42. The van der Waals surface area contributed by atoms with Gasteiger partial charge < -0.3 is 0 Å². The van der Waals surface area contributed by atoms with Crippen molar-refractivity contribution in [2.45, 2.75) is 0 Å². The number of thioether (sulfide) groups is 2. The molecule has 0 aromatic carbocycles. The predicted molar refractivity (Wildman–Crippen MR) is 62.6 cm³/mol. The summed E-state index contributed by atoms with van der Waals surface area (Å²) in [5.74, 6) is 0. The lowest BCUT2D eigenvalue weighted by molar-refractivity contribution is 0.344. The van der Waals surface area contributed by atoms with Crippen molar-refractivity contribution in [1.82, 2.24) is 0 Å². The van der Waals surface area contributed by atoms with Crippen LogP contribution in [0, 0.1) is 0 Å². The van der Waals surface area contributed by atoms with Gasteiger partial charge in [-0.25, -0.2) is 0 Å². The Hall–Kier alpha value is 0.790. The second-order valence-corrected chi connectivity index (χ2v) is 7.17. The van der Waals surface area contributed by atoms with Crippen molar-refractivity contribution in [1.29, 1.82) is 0 Å². The first kappa shape index (κ1) is 13.8. The van der Waals surface area contributed by atoms with Gasteiger partial charge >= 0.3 is 10.4 Å². The first-order valence-electron chi connectivity index (χ1n) is 3.08. The molecule has 0 saturated heterocycles. The molecule has 4 nitrogen and oxygen atoms in total. The first-order chi connectivity index (χ1) is 5.96. The third kappa shape index (κ3) is 5.28. The van der Waals surface area contributed by atoms with E-state index in [0.717, 1.165) is 10.6 Å². The normalized spacial score (nSPS) is 14.2. The van der Waals surface area contributed by atoms with Crippen molar-refractivity contribution < 1.29 is 16.2 Å². The van der Waals surface area contributed by atoms with Crippen LogP contribution in [-0.2, 0) is 18.2 Å². The van der Waals surface area contributed by atoms with Gasteiger partial charge in [-0.3, -0.25) is 4.18 Å². The minimum Gasteiger partial charge on any atom is -0.251 e. The molecule has 8 heteroatoms. The zero-order valence-electron chi connectivity index (χ0n) is 7.77. The van der Waals surface area contributed by atoms with E-state index in [4.69, 9.17) is 3.63 Å². The highest BCUT2D eigenvalue weighted by Crippen LogP contribution is 2.26. The van der Waals surface area contributed by atoms with Crippen molar-refractivity contribution in [2.24, 2.45) is 0 Å². The molecule has 0 rings (SSSR count). The van der Waals surface area contributed by atoms with Crippen molar-refractivity contribution in [3.63, 3.8) is 0 Å². The Morgan fingerprint density at radius 1 is 1.31 bits per heavy atom. The molecule has 0 bridgehead atoms. The van der Waals surface area contributed by atoms with Crippen LogP contribution in [0.2, 0.25) is 0 Å². The van der Waals surface area contributed by atoms with Crippen molar-refractivity contribution in [3.05, 3.63) is 0 Å². The van der Waals surface area contributed by atoms with Gasteiger partial charge in [-0.1, -0.05) is 0 Å². The van der Waals surface area contributed by atoms with Crippen LogP contribution in [0.15, 0.2) is 0 Å². The fourth-order valence-electron chi connectivity index (χ4n) is 0.499. The lowest BCUT2D eigenvalue weighted by atomic mass is 11.8. The largest absolute Gasteiger partial charge is 0.410 e. The summed E-state index contributed by atoms with van der Waals surface area (Å²) < 4.78 is 31.6. The average Bonchev–Trinajstić information content (AvgIpc) is 2.06. The van der Waals surface area contributed by atoms with Gasteiger partial charge in [0.1, 0.15) is 0 Å². The SMILES string of the molecule is COS(=O)(=O)OS(C)=C(SC)SC. The Labute approximate surface area is 90.2 Å². The highest BCUT2D eigenvalue weighted by molar-refractivity contribution is 8.52. The molecule has 0 saturated carbocycles. The van der Waals surface area contributed by atoms with Gasteiger partial charge in [0.05, 0.1) is 10.6 Å². The van der Waals surface area contributed by atoms with E-state index in [1.54, 1.807) is 6.26 Å². The standard InChI is InChI=1S/C5H12O4S4/c1-8-13(6,7)9-12(4)5(10-2)11-3/h1-4H3. The molecule has 0 amide bonds. The van der Waals surface area contributed by atoms with Gasteiger partial charge in [0, 0.05) is 6.26 Å². The summed E-state index contributed by atoms with van der Waals surface area (Å²) in [6.45, 7) is 0. The number of rotatable bonds is 3. The lowest BCUT2D eigenvalue weighted by Gasteiger charge is -2.07. The van der Waals surface area contributed by atoms with Gasteiger partial charge in [0.15, 0.2) is 0 Å². The lowest BCUT2D eigenvalue weighted by Crippen LogP contribution is -2.04. The molecule has 0 aliphatic heterocycles. The molecular weight excluding hydrogens is 252 g/mol. The van der Waals surface area contributed by atoms with Crippen LogP contribution in [0.4, 0.5) is 0 Å². The summed E-state index contributed by atoms with van der Waals surface area (Å²) >= 11 is 2.95. The minimum atomic E-state index is -3.82. The van der Waals surface area contributed by atoms with E-state index < -0.39 is 21.2 Å². The summed E-state index contributed by atoms with van der Waals surface area (Å²) in [4.78, 5) is 0. The van der Waals surface area contributed by atoms with Gasteiger partial charge in [-0.05, 0) is 23.3 Å². The Morgan fingerprint density at radius 3 is 2.08 bits per heavy atom. The van der Waals surface area contributed by atoms with Crippen LogP contribution in [0.1, 0.15) is 0 Å². The van der Waals surface area contributed by atoms with Gasteiger partial charge in [-0.15, -0.1) is 23.5 Å². The fourth-order valence-corrected chi connectivity index (χ4v) is 4.99. The Kier molecular flexibility index (Phi) is 6.69. The Morgan fingerprint density at radius 2 is 1.77 bits per heavy atom. The van der Waals surface area contributed by atoms with Crippen LogP contribution in [0.5, 0.6) is 0 Å². The van der Waals surface area contributed by atoms with E-state index in [0.29, 0.717) is 0 Å². The summed E-state index contributed by atoms with van der Waals surface area (Å²) in [6, 6.07) is 0. The van der Waals surface area contributed by atoms with Crippen molar-refractivity contribution in [2.75, 3.05) is 25.9 Å². The molecule has 0 radical (unpaired) electrons. The molecule has 1 atom stereocenters. The second kappa shape index (κ2) is 6.31. The van der Waals surface area contributed by atoms with Crippen molar-refractivity contribution in [3.8, 4) is 0 Å². The van der Waals surface area contributed by atoms with Crippen LogP contribution in [0.3, 0.4) is 0 Å². The molecule has 0 N–H and O–H groups in total. The quantitative estimate of drug-likeness (QED) is 0.720. The van der Waals surface area contributed by atoms with E-state index in [9.17, 15) is 8.42 Å². The van der Waals surface area contributed by atoms with E-state index in [2.05, 4.69) is 4.18 Å². The van der Waals surface area contributed by atoms with E-state index >= 15 is 0 Å². The summed E-state index contributed by atoms with van der Waals surface area (Å²) in [5, 5.41) is 0. The maximum Gasteiger partial charge on any atom is 0.410 e.